The lowest BCUT2D eigenvalue weighted by Gasteiger charge is -2.23. The fourth-order valence-corrected chi connectivity index (χ4v) is 3.55. The van der Waals surface area contributed by atoms with Gasteiger partial charge in [0.25, 0.3) is 5.69 Å². The van der Waals surface area contributed by atoms with Gasteiger partial charge in [-0.2, -0.15) is 0 Å². The molecule has 1 atom stereocenters. The van der Waals surface area contributed by atoms with Crippen molar-refractivity contribution in [1.29, 1.82) is 0 Å². The van der Waals surface area contributed by atoms with Crippen LogP contribution in [-0.2, 0) is 19.4 Å². The van der Waals surface area contributed by atoms with Gasteiger partial charge >= 0.3 is 6.09 Å². The third kappa shape index (κ3) is 3.68. The van der Waals surface area contributed by atoms with Crippen LogP contribution in [0.2, 0.25) is 0 Å². The smallest absolute Gasteiger partial charge is 0.410 e. The van der Waals surface area contributed by atoms with Crippen molar-refractivity contribution in [1.82, 2.24) is 4.90 Å². The van der Waals surface area contributed by atoms with Gasteiger partial charge in [-0.15, -0.1) is 0 Å². The quantitative estimate of drug-likeness (QED) is 0.287. The number of sulfone groups is 1. The van der Waals surface area contributed by atoms with Gasteiger partial charge in [-0.1, -0.05) is 0 Å². The van der Waals surface area contributed by atoms with E-state index in [1.165, 1.54) is 0 Å². The minimum absolute atomic E-state index is 0.00959. The highest BCUT2D eigenvalue weighted by Crippen LogP contribution is 2.34. The van der Waals surface area contributed by atoms with Crippen LogP contribution in [0.1, 0.15) is 23.2 Å². The van der Waals surface area contributed by atoms with Crippen LogP contribution in [0, 0.1) is 16.0 Å². The Hall–Kier alpha value is -2.82. The van der Waals surface area contributed by atoms with Crippen LogP contribution in [0.25, 0.3) is 0 Å². The predicted octanol–water partition coefficient (Wildman–Crippen LogP) is 0.981. The van der Waals surface area contributed by atoms with Crippen LogP contribution in [0.3, 0.4) is 0 Å². The zero-order valence-electron chi connectivity index (χ0n) is 14.3. The van der Waals surface area contributed by atoms with Crippen LogP contribution in [0.15, 0.2) is 23.1 Å². The van der Waals surface area contributed by atoms with E-state index in [0.29, 0.717) is 12.8 Å². The minimum Gasteiger partial charge on any atom is -0.448 e. The third-order valence-electron chi connectivity index (χ3n) is 4.46. The van der Waals surface area contributed by atoms with Gasteiger partial charge in [-0.25, -0.2) is 13.2 Å². The number of ketones is 2. The molecule has 1 unspecified atom stereocenters. The second-order valence-corrected chi connectivity index (χ2v) is 8.48. The molecule has 0 radical (unpaired) electrons. The van der Waals surface area contributed by atoms with Gasteiger partial charge in [0.1, 0.15) is 6.61 Å². The zero-order chi connectivity index (χ0) is 19.9. The molecule has 11 heteroatoms. The average molecular weight is 396 g/mol. The number of rotatable bonds is 7. The topological polar surface area (TPSA) is 141 Å². The summed E-state index contributed by atoms with van der Waals surface area (Å²) in [4.78, 5) is 48.7. The van der Waals surface area contributed by atoms with Crippen LogP contribution >= 0.6 is 0 Å². The van der Waals surface area contributed by atoms with E-state index >= 15 is 0 Å². The molecule has 0 spiro atoms. The SMILES string of the molecule is CS(=O)(=O)c1ccc(C(=O)C(C(=O)C2CC2)N2CCOC2=O)c([N+](=O)[O-])c1. The summed E-state index contributed by atoms with van der Waals surface area (Å²) in [6.07, 6.45) is 1.21. The van der Waals surface area contributed by atoms with Crippen molar-refractivity contribution < 1.29 is 32.5 Å². The largest absolute Gasteiger partial charge is 0.448 e. The summed E-state index contributed by atoms with van der Waals surface area (Å²) in [5.41, 5.74) is -1.16. The average Bonchev–Trinajstić information content (AvgIpc) is 3.37. The molecule has 1 aromatic rings. The molecule has 1 aromatic carbocycles. The number of amides is 1. The molecule has 144 valence electrons. The summed E-state index contributed by atoms with van der Waals surface area (Å²) < 4.78 is 28.1. The van der Waals surface area contributed by atoms with Crippen molar-refractivity contribution in [2.24, 2.45) is 5.92 Å². The lowest BCUT2D eigenvalue weighted by atomic mass is 9.96. The molecule has 1 saturated carbocycles. The van der Waals surface area contributed by atoms with Crippen LogP contribution in [0.4, 0.5) is 10.5 Å². The summed E-state index contributed by atoms with van der Waals surface area (Å²) in [5, 5.41) is 11.4. The van der Waals surface area contributed by atoms with E-state index in [9.17, 15) is 32.9 Å². The Bertz CT molecular complexity index is 951. The lowest BCUT2D eigenvalue weighted by molar-refractivity contribution is -0.385. The molecule has 2 aliphatic rings. The molecule has 1 amide bonds. The first kappa shape index (κ1) is 19.0. The van der Waals surface area contributed by atoms with Gasteiger partial charge in [0.15, 0.2) is 27.4 Å². The second kappa shape index (κ2) is 6.72. The van der Waals surface area contributed by atoms with E-state index in [2.05, 4.69) is 0 Å². The van der Waals surface area contributed by atoms with Gasteiger partial charge in [0.05, 0.1) is 21.9 Å². The number of ether oxygens (including phenoxy) is 1. The Morgan fingerprint density at radius 2 is 2.00 bits per heavy atom. The van der Waals surface area contributed by atoms with Crippen LogP contribution in [0.5, 0.6) is 0 Å². The molecule has 2 fully saturated rings. The summed E-state index contributed by atoms with van der Waals surface area (Å²) in [6, 6.07) is 1.33. The van der Waals surface area contributed by atoms with E-state index < -0.39 is 49.7 Å². The molecule has 0 N–H and O–H groups in total. The van der Waals surface area contributed by atoms with E-state index in [4.69, 9.17) is 4.74 Å². The summed E-state index contributed by atoms with van der Waals surface area (Å²) in [5.74, 6) is -1.78. The van der Waals surface area contributed by atoms with Crippen molar-refractivity contribution in [3.8, 4) is 0 Å². The maximum Gasteiger partial charge on any atom is 0.410 e. The number of carbonyl (C=O) groups excluding carboxylic acids is 3. The number of nitro benzene ring substituents is 1. The van der Waals surface area contributed by atoms with Crippen LogP contribution in [-0.4, -0.2) is 61.3 Å². The molecule has 3 rings (SSSR count). The lowest BCUT2D eigenvalue weighted by Crippen LogP contribution is -2.48. The van der Waals surface area contributed by atoms with Crippen molar-refractivity contribution >= 4 is 33.2 Å². The fraction of sp³-hybridized carbons (Fsp3) is 0.438. The van der Waals surface area contributed by atoms with Gasteiger partial charge in [-0.05, 0) is 25.0 Å². The summed E-state index contributed by atoms with van der Waals surface area (Å²) >= 11 is 0. The van der Waals surface area contributed by atoms with Crippen molar-refractivity contribution in [2.75, 3.05) is 19.4 Å². The molecule has 1 saturated heterocycles. The van der Waals surface area contributed by atoms with Crippen molar-refractivity contribution in [3.05, 3.63) is 33.9 Å². The molecule has 1 heterocycles. The number of carbonyl (C=O) groups is 3. The number of benzene rings is 1. The van der Waals surface area contributed by atoms with Gasteiger partial charge in [0.2, 0.25) is 0 Å². The number of hydrogen-bond acceptors (Lipinski definition) is 8. The molecule has 10 nitrogen and oxygen atoms in total. The number of nitrogens with zero attached hydrogens (tertiary/aromatic N) is 2. The molecule has 0 bridgehead atoms. The maximum atomic E-state index is 13.0. The minimum atomic E-state index is -3.73. The van der Waals surface area contributed by atoms with E-state index in [-0.39, 0.29) is 24.0 Å². The van der Waals surface area contributed by atoms with Crippen molar-refractivity contribution in [3.63, 3.8) is 0 Å². The normalized spacial score (nSPS) is 18.1. The molecular formula is C16H16N2O8S. The van der Waals surface area contributed by atoms with E-state index in [1.807, 2.05) is 0 Å². The predicted molar refractivity (Wildman–Crippen MR) is 90.1 cm³/mol. The first-order valence-electron chi connectivity index (χ1n) is 8.11. The Balaban J connectivity index is 2.06. The highest BCUT2D eigenvalue weighted by molar-refractivity contribution is 7.90. The molecule has 27 heavy (non-hydrogen) atoms. The molecule has 1 aliphatic heterocycles. The Kier molecular flexibility index (Phi) is 4.72. The fourth-order valence-electron chi connectivity index (χ4n) is 2.90. The number of Topliss-reactive ketones (excluding diaryl/α,β-unsaturated/α-hetero) is 2. The van der Waals surface area contributed by atoms with Crippen LogP contribution < -0.4 is 0 Å². The highest BCUT2D eigenvalue weighted by Gasteiger charge is 2.46. The molecule has 0 aromatic heterocycles. The molecular weight excluding hydrogens is 380 g/mol. The first-order chi connectivity index (χ1) is 12.6. The number of cyclic esters (lactones) is 1. The monoisotopic (exact) mass is 396 g/mol. The van der Waals surface area contributed by atoms with Gasteiger partial charge in [-0.3, -0.25) is 24.6 Å². The zero-order valence-corrected chi connectivity index (χ0v) is 15.1. The Morgan fingerprint density at radius 1 is 1.33 bits per heavy atom. The maximum absolute atomic E-state index is 13.0. The van der Waals surface area contributed by atoms with Crippen molar-refractivity contribution in [2.45, 2.75) is 23.8 Å². The Morgan fingerprint density at radius 3 is 2.48 bits per heavy atom. The number of hydrogen-bond donors (Lipinski definition) is 0. The van der Waals surface area contributed by atoms with E-state index in [0.717, 1.165) is 29.4 Å². The first-order valence-corrected chi connectivity index (χ1v) is 10.00. The number of nitro groups is 1. The third-order valence-corrected chi connectivity index (χ3v) is 5.57. The highest BCUT2D eigenvalue weighted by atomic mass is 32.2. The Labute approximate surface area is 154 Å². The molecule has 1 aliphatic carbocycles. The van der Waals surface area contributed by atoms with E-state index in [1.54, 1.807) is 0 Å². The van der Waals surface area contributed by atoms with Gasteiger partial charge in [0, 0.05) is 18.2 Å². The summed E-state index contributed by atoms with van der Waals surface area (Å²) in [6.45, 7) is 0.0264. The summed E-state index contributed by atoms with van der Waals surface area (Å²) in [7, 11) is -3.73. The standard InChI is InChI=1S/C16H16N2O8S/c1-27(24,25)10-4-5-11(12(8-10)18(22)23)15(20)13(14(19)9-2-3-9)17-6-7-26-16(17)21/h4-5,8-9,13H,2-3,6-7H2,1H3. The second-order valence-electron chi connectivity index (χ2n) is 6.46. The van der Waals surface area contributed by atoms with Gasteiger partial charge < -0.3 is 4.74 Å².